The van der Waals surface area contributed by atoms with Crippen LogP contribution in [0.1, 0.15) is 39.2 Å². The lowest BCUT2D eigenvalue weighted by atomic mass is 9.57. The van der Waals surface area contributed by atoms with Crippen LogP contribution >= 0.6 is 0 Å². The fraction of sp³-hybridized carbons (Fsp3) is 0.600. The second-order valence-corrected chi connectivity index (χ2v) is 5.76. The van der Waals surface area contributed by atoms with E-state index >= 15 is 0 Å². The molecule has 2 unspecified atom stereocenters. The number of rotatable bonds is 4. The summed E-state index contributed by atoms with van der Waals surface area (Å²) in [6, 6.07) is 4.35. The molecule has 1 saturated carbocycles. The minimum absolute atomic E-state index is 0.165. The summed E-state index contributed by atoms with van der Waals surface area (Å²) in [7, 11) is 0. The van der Waals surface area contributed by atoms with E-state index in [2.05, 4.69) is 26.1 Å². The normalized spacial score (nSPS) is 27.3. The average molecular weight is 253 g/mol. The van der Waals surface area contributed by atoms with Gasteiger partial charge in [0.25, 0.3) is 0 Å². The van der Waals surface area contributed by atoms with Crippen LogP contribution in [0.15, 0.2) is 18.2 Å². The van der Waals surface area contributed by atoms with Crippen molar-refractivity contribution in [2.24, 2.45) is 5.92 Å². The lowest BCUT2D eigenvalue weighted by Crippen LogP contribution is -2.51. The number of benzene rings is 1. The highest BCUT2D eigenvalue weighted by atomic mass is 19.1. The summed E-state index contributed by atoms with van der Waals surface area (Å²) in [5.74, 6) is -0.481. The zero-order chi connectivity index (χ0) is 13.3. The summed E-state index contributed by atoms with van der Waals surface area (Å²) in [6.45, 7) is 7.07. The predicted octanol–water partition coefficient (Wildman–Crippen LogP) is 3.63. The minimum atomic E-state index is -0.504. The topological polar surface area (TPSA) is 12.0 Å². The monoisotopic (exact) mass is 253 g/mol. The smallest absolute Gasteiger partial charge is 0.129 e. The van der Waals surface area contributed by atoms with Crippen LogP contribution in [-0.2, 0) is 5.41 Å². The van der Waals surface area contributed by atoms with Gasteiger partial charge in [0, 0.05) is 24.1 Å². The molecule has 1 N–H and O–H groups in total. The summed E-state index contributed by atoms with van der Waals surface area (Å²) in [4.78, 5) is 0. The van der Waals surface area contributed by atoms with Crippen LogP contribution in [0.5, 0.6) is 0 Å². The van der Waals surface area contributed by atoms with Crippen molar-refractivity contribution in [2.45, 2.75) is 45.1 Å². The lowest BCUT2D eigenvalue weighted by Gasteiger charge is -2.49. The molecule has 2 rings (SSSR count). The maximum absolute atomic E-state index is 14.0. The molecule has 1 aromatic rings. The van der Waals surface area contributed by atoms with Gasteiger partial charge in [-0.2, -0.15) is 0 Å². The van der Waals surface area contributed by atoms with E-state index in [1.807, 2.05) is 0 Å². The van der Waals surface area contributed by atoms with Crippen molar-refractivity contribution in [1.82, 2.24) is 5.32 Å². The van der Waals surface area contributed by atoms with Crippen LogP contribution in [0.25, 0.3) is 0 Å². The first-order valence-electron chi connectivity index (χ1n) is 6.64. The van der Waals surface area contributed by atoms with E-state index in [0.717, 1.165) is 25.5 Å². The molecule has 0 aromatic heterocycles. The molecule has 1 aliphatic rings. The van der Waals surface area contributed by atoms with Crippen LogP contribution < -0.4 is 5.32 Å². The summed E-state index contributed by atoms with van der Waals surface area (Å²) < 4.78 is 27.0. The molecular formula is C15H21F2N. The maximum atomic E-state index is 14.0. The Bertz CT molecular complexity index is 431. The SMILES string of the molecule is CC(C)NCC1(c2ccc(F)cc2F)CCC1C. The molecule has 2 atom stereocenters. The zero-order valence-electron chi connectivity index (χ0n) is 11.3. The van der Waals surface area contributed by atoms with Gasteiger partial charge < -0.3 is 5.32 Å². The van der Waals surface area contributed by atoms with Crippen molar-refractivity contribution in [3.63, 3.8) is 0 Å². The van der Waals surface area contributed by atoms with Crippen LogP contribution in [0.3, 0.4) is 0 Å². The molecule has 3 heteroatoms. The average Bonchev–Trinajstić information content (AvgIpc) is 2.29. The van der Waals surface area contributed by atoms with Gasteiger partial charge in [-0.05, 0) is 30.4 Å². The maximum Gasteiger partial charge on any atom is 0.129 e. The lowest BCUT2D eigenvalue weighted by molar-refractivity contribution is 0.126. The standard InChI is InChI=1S/C15H21F2N/c1-10(2)18-9-15(7-6-11(15)3)13-5-4-12(16)8-14(13)17/h4-5,8,10-11,18H,6-7,9H2,1-3H3. The first-order chi connectivity index (χ1) is 8.45. The molecule has 0 bridgehead atoms. The molecule has 0 saturated heterocycles. The van der Waals surface area contributed by atoms with Crippen molar-refractivity contribution >= 4 is 0 Å². The minimum Gasteiger partial charge on any atom is -0.314 e. The van der Waals surface area contributed by atoms with Gasteiger partial charge in [0.1, 0.15) is 11.6 Å². The summed E-state index contributed by atoms with van der Waals surface area (Å²) in [5.41, 5.74) is 0.498. The first kappa shape index (κ1) is 13.5. The molecule has 1 fully saturated rings. The van der Waals surface area contributed by atoms with E-state index in [-0.39, 0.29) is 5.41 Å². The second-order valence-electron chi connectivity index (χ2n) is 5.76. The first-order valence-corrected chi connectivity index (χ1v) is 6.64. The van der Waals surface area contributed by atoms with Crippen molar-refractivity contribution < 1.29 is 8.78 Å². The van der Waals surface area contributed by atoms with E-state index in [4.69, 9.17) is 0 Å². The molecule has 0 aliphatic heterocycles. The molecule has 0 spiro atoms. The number of hydrogen-bond donors (Lipinski definition) is 1. The Labute approximate surface area is 108 Å². The molecule has 1 aliphatic carbocycles. The third-order valence-electron chi connectivity index (χ3n) is 4.26. The van der Waals surface area contributed by atoms with Crippen molar-refractivity contribution in [2.75, 3.05) is 6.54 Å². The van der Waals surface area contributed by atoms with Gasteiger partial charge in [-0.15, -0.1) is 0 Å². The van der Waals surface area contributed by atoms with E-state index in [1.165, 1.54) is 6.07 Å². The van der Waals surface area contributed by atoms with Crippen molar-refractivity contribution in [3.8, 4) is 0 Å². The highest BCUT2D eigenvalue weighted by Gasteiger charge is 2.46. The molecule has 0 heterocycles. The van der Waals surface area contributed by atoms with Crippen molar-refractivity contribution in [3.05, 3.63) is 35.4 Å². The quantitative estimate of drug-likeness (QED) is 0.864. The van der Waals surface area contributed by atoms with Crippen LogP contribution in [0.4, 0.5) is 8.78 Å². The highest BCUT2D eigenvalue weighted by molar-refractivity contribution is 5.32. The number of nitrogens with one attached hydrogen (secondary N) is 1. The van der Waals surface area contributed by atoms with Gasteiger partial charge >= 0.3 is 0 Å². The van der Waals surface area contributed by atoms with Crippen LogP contribution in [0.2, 0.25) is 0 Å². The molecule has 1 nitrogen and oxygen atoms in total. The Balaban J connectivity index is 2.29. The van der Waals surface area contributed by atoms with E-state index in [0.29, 0.717) is 17.5 Å². The Morgan fingerprint density at radius 2 is 2.11 bits per heavy atom. The predicted molar refractivity (Wildman–Crippen MR) is 69.6 cm³/mol. The summed E-state index contributed by atoms with van der Waals surface area (Å²) in [5, 5.41) is 3.40. The second kappa shape index (κ2) is 4.96. The molecule has 1 aromatic carbocycles. The van der Waals surface area contributed by atoms with Gasteiger partial charge in [0.2, 0.25) is 0 Å². The van der Waals surface area contributed by atoms with Gasteiger partial charge in [-0.25, -0.2) is 8.78 Å². The van der Waals surface area contributed by atoms with Crippen molar-refractivity contribution in [1.29, 1.82) is 0 Å². The van der Waals surface area contributed by atoms with Crippen LogP contribution in [0, 0.1) is 17.6 Å². The highest BCUT2D eigenvalue weighted by Crippen LogP contribution is 2.49. The Hall–Kier alpha value is -0.960. The summed E-state index contributed by atoms with van der Waals surface area (Å²) >= 11 is 0. The number of hydrogen-bond acceptors (Lipinski definition) is 1. The molecule has 0 radical (unpaired) electrons. The third-order valence-corrected chi connectivity index (χ3v) is 4.26. The number of halogens is 2. The van der Waals surface area contributed by atoms with Gasteiger partial charge in [-0.1, -0.05) is 26.8 Å². The molecule has 18 heavy (non-hydrogen) atoms. The molecule has 0 amide bonds. The zero-order valence-corrected chi connectivity index (χ0v) is 11.3. The largest absolute Gasteiger partial charge is 0.314 e. The fourth-order valence-corrected chi connectivity index (χ4v) is 2.82. The van der Waals surface area contributed by atoms with Gasteiger partial charge in [-0.3, -0.25) is 0 Å². The Morgan fingerprint density at radius 1 is 1.39 bits per heavy atom. The van der Waals surface area contributed by atoms with E-state index in [9.17, 15) is 8.78 Å². The van der Waals surface area contributed by atoms with E-state index < -0.39 is 11.6 Å². The van der Waals surface area contributed by atoms with Gasteiger partial charge in [0.05, 0.1) is 0 Å². The third kappa shape index (κ3) is 2.28. The Morgan fingerprint density at radius 3 is 2.56 bits per heavy atom. The molecular weight excluding hydrogens is 232 g/mol. The fourth-order valence-electron chi connectivity index (χ4n) is 2.82. The Kier molecular flexibility index (Phi) is 3.71. The summed E-state index contributed by atoms with van der Waals surface area (Å²) in [6.07, 6.45) is 2.08. The van der Waals surface area contributed by atoms with E-state index in [1.54, 1.807) is 6.07 Å². The van der Waals surface area contributed by atoms with Gasteiger partial charge in [0.15, 0.2) is 0 Å². The molecule has 100 valence electrons. The van der Waals surface area contributed by atoms with Crippen LogP contribution in [-0.4, -0.2) is 12.6 Å².